The van der Waals surface area contributed by atoms with Gasteiger partial charge in [-0.2, -0.15) is 0 Å². The minimum atomic E-state index is -1.29. The van der Waals surface area contributed by atoms with Gasteiger partial charge in [-0.25, -0.2) is 4.98 Å². The Morgan fingerprint density at radius 1 is 1.30 bits per heavy atom. The number of aromatic nitrogens is 2. The Hall–Kier alpha value is -2.89. The van der Waals surface area contributed by atoms with Gasteiger partial charge < -0.3 is 19.2 Å². The fraction of sp³-hybridized carbons (Fsp3) is 0.235. The zero-order valence-corrected chi connectivity index (χ0v) is 13.0. The summed E-state index contributed by atoms with van der Waals surface area (Å²) in [5.41, 5.74) is 1.85. The lowest BCUT2D eigenvalue weighted by Gasteiger charge is -2.11. The molecule has 0 saturated carbocycles. The van der Waals surface area contributed by atoms with Crippen molar-refractivity contribution in [3.63, 3.8) is 0 Å². The molecule has 2 heterocycles. The number of carbonyl (C=O) groups excluding carboxylic acids is 1. The van der Waals surface area contributed by atoms with E-state index in [2.05, 4.69) is 10.1 Å². The molecule has 0 amide bonds. The molecule has 3 rings (SSSR count). The van der Waals surface area contributed by atoms with Gasteiger partial charge in [-0.15, -0.1) is 0 Å². The second-order valence-electron chi connectivity index (χ2n) is 5.45. The topological polar surface area (TPSA) is 88.3 Å². The van der Waals surface area contributed by atoms with Crippen LogP contribution in [0.4, 0.5) is 0 Å². The highest BCUT2D eigenvalue weighted by molar-refractivity contribution is 6.02. The van der Waals surface area contributed by atoms with Crippen LogP contribution in [0.2, 0.25) is 0 Å². The highest BCUT2D eigenvalue weighted by Crippen LogP contribution is 2.33. The molecule has 3 aromatic rings. The highest BCUT2D eigenvalue weighted by atomic mass is 16.5. The van der Waals surface area contributed by atoms with Crippen LogP contribution in [0.5, 0.6) is 5.75 Å². The Labute approximate surface area is 132 Å². The van der Waals surface area contributed by atoms with Crippen LogP contribution in [-0.4, -0.2) is 23.2 Å². The Kier molecular flexibility index (Phi) is 3.73. The molecule has 1 aromatic carbocycles. The number of methoxy groups -OCH3 is 1. The smallest absolute Gasteiger partial charge is 0.259 e. The molecule has 0 aliphatic carbocycles. The number of pyridine rings is 1. The minimum Gasteiger partial charge on any atom is -0.545 e. The molecule has 0 aliphatic rings. The molecular formula is C17H15N2O4-. The maximum Gasteiger partial charge on any atom is 0.259 e. The van der Waals surface area contributed by atoms with Crippen LogP contribution in [-0.2, 0) is 0 Å². The van der Waals surface area contributed by atoms with Crippen LogP contribution in [0.3, 0.4) is 0 Å². The van der Waals surface area contributed by atoms with Crippen LogP contribution in [0.25, 0.3) is 22.4 Å². The second kappa shape index (κ2) is 5.72. The average molecular weight is 311 g/mol. The monoisotopic (exact) mass is 311 g/mol. The molecular weight excluding hydrogens is 296 g/mol. The average Bonchev–Trinajstić information content (AvgIpc) is 2.97. The molecule has 0 spiro atoms. The lowest BCUT2D eigenvalue weighted by atomic mass is 10.0. The molecule has 0 unspecified atom stereocenters. The Bertz CT molecular complexity index is 883. The largest absolute Gasteiger partial charge is 0.545 e. The van der Waals surface area contributed by atoms with E-state index in [9.17, 15) is 9.90 Å². The van der Waals surface area contributed by atoms with Gasteiger partial charge >= 0.3 is 0 Å². The number of carbonyl (C=O) groups is 1. The van der Waals surface area contributed by atoms with E-state index in [4.69, 9.17) is 9.26 Å². The number of carboxylic acids is 1. The summed E-state index contributed by atoms with van der Waals surface area (Å²) >= 11 is 0. The molecule has 0 N–H and O–H groups in total. The standard InChI is InChI=1S/C17H16N2O4/c1-9(2)15-14-11(17(20)21)8-12(18-16(14)23-19-15)10-6-4-5-7-13(10)22-3/h4-9H,1-3H3,(H,20,21)/p-1. The summed E-state index contributed by atoms with van der Waals surface area (Å²) in [5.74, 6) is -0.695. The molecule has 0 bridgehead atoms. The fourth-order valence-corrected chi connectivity index (χ4v) is 2.52. The van der Waals surface area contributed by atoms with E-state index >= 15 is 0 Å². The second-order valence-corrected chi connectivity index (χ2v) is 5.45. The van der Waals surface area contributed by atoms with E-state index in [-0.39, 0.29) is 17.2 Å². The molecule has 0 fully saturated rings. The molecule has 118 valence electrons. The summed E-state index contributed by atoms with van der Waals surface area (Å²) in [5, 5.41) is 15.9. The predicted molar refractivity (Wildman–Crippen MR) is 82.2 cm³/mol. The molecule has 0 radical (unpaired) electrons. The number of rotatable bonds is 4. The maximum atomic E-state index is 11.6. The number of benzene rings is 1. The van der Waals surface area contributed by atoms with E-state index in [0.29, 0.717) is 28.1 Å². The first-order chi connectivity index (χ1) is 11.0. The van der Waals surface area contributed by atoms with Gasteiger partial charge in [-0.3, -0.25) is 0 Å². The van der Waals surface area contributed by atoms with E-state index in [0.717, 1.165) is 0 Å². The van der Waals surface area contributed by atoms with Gasteiger partial charge in [0.1, 0.15) is 5.75 Å². The number of aromatic carboxylic acids is 1. The van der Waals surface area contributed by atoms with Crippen LogP contribution >= 0.6 is 0 Å². The van der Waals surface area contributed by atoms with E-state index in [1.54, 1.807) is 19.2 Å². The van der Waals surface area contributed by atoms with Crippen molar-refractivity contribution in [2.45, 2.75) is 19.8 Å². The van der Waals surface area contributed by atoms with Crippen molar-refractivity contribution in [3.8, 4) is 17.0 Å². The van der Waals surface area contributed by atoms with Crippen molar-refractivity contribution >= 4 is 17.1 Å². The van der Waals surface area contributed by atoms with Crippen molar-refractivity contribution < 1.29 is 19.2 Å². The van der Waals surface area contributed by atoms with Crippen molar-refractivity contribution in [3.05, 3.63) is 41.6 Å². The Morgan fingerprint density at radius 2 is 2.04 bits per heavy atom. The first kappa shape index (κ1) is 15.0. The van der Waals surface area contributed by atoms with E-state index < -0.39 is 5.97 Å². The van der Waals surface area contributed by atoms with Gasteiger partial charge in [0.05, 0.1) is 29.9 Å². The highest BCUT2D eigenvalue weighted by Gasteiger charge is 2.20. The number of hydrogen-bond acceptors (Lipinski definition) is 6. The Morgan fingerprint density at radius 3 is 2.70 bits per heavy atom. The van der Waals surface area contributed by atoms with Gasteiger partial charge in [0.15, 0.2) is 0 Å². The van der Waals surface area contributed by atoms with Crippen LogP contribution in [0, 0.1) is 0 Å². The quantitative estimate of drug-likeness (QED) is 0.735. The fourth-order valence-electron chi connectivity index (χ4n) is 2.52. The third kappa shape index (κ3) is 2.52. The van der Waals surface area contributed by atoms with Crippen LogP contribution in [0.1, 0.15) is 35.8 Å². The summed E-state index contributed by atoms with van der Waals surface area (Å²) < 4.78 is 10.6. The van der Waals surface area contributed by atoms with E-state index in [1.165, 1.54) is 6.07 Å². The predicted octanol–water partition coefficient (Wildman–Crippen LogP) is 2.39. The number of carboxylic acid groups (broad SMARTS) is 1. The van der Waals surface area contributed by atoms with Crippen molar-refractivity contribution in [2.75, 3.05) is 7.11 Å². The summed E-state index contributed by atoms with van der Waals surface area (Å²) in [4.78, 5) is 16.0. The van der Waals surface area contributed by atoms with Crippen LogP contribution in [0.15, 0.2) is 34.9 Å². The third-order valence-corrected chi connectivity index (χ3v) is 3.62. The number of fused-ring (bicyclic) bond motifs is 1. The summed E-state index contributed by atoms with van der Waals surface area (Å²) in [7, 11) is 1.54. The maximum absolute atomic E-state index is 11.6. The van der Waals surface area contributed by atoms with Gasteiger partial charge in [-0.05, 0) is 24.1 Å². The molecule has 6 nitrogen and oxygen atoms in total. The summed E-state index contributed by atoms with van der Waals surface area (Å²) in [6.07, 6.45) is 0. The number of hydrogen-bond donors (Lipinski definition) is 0. The first-order valence-corrected chi connectivity index (χ1v) is 7.18. The molecule has 0 atom stereocenters. The van der Waals surface area contributed by atoms with E-state index in [1.807, 2.05) is 26.0 Å². The Balaban J connectivity index is 2.31. The first-order valence-electron chi connectivity index (χ1n) is 7.18. The summed E-state index contributed by atoms with van der Waals surface area (Å²) in [6.45, 7) is 3.81. The van der Waals surface area contributed by atoms with Gasteiger partial charge in [0, 0.05) is 11.1 Å². The molecule has 0 aliphatic heterocycles. The van der Waals surface area contributed by atoms with Gasteiger partial charge in [-0.1, -0.05) is 31.1 Å². The molecule has 23 heavy (non-hydrogen) atoms. The SMILES string of the molecule is COc1ccccc1-c1cc(C(=O)[O-])c2c(C(C)C)noc2n1. The minimum absolute atomic E-state index is 0.00765. The molecule has 2 aromatic heterocycles. The zero-order valence-electron chi connectivity index (χ0n) is 13.0. The lowest BCUT2D eigenvalue weighted by Crippen LogP contribution is -2.23. The number of nitrogens with zero attached hydrogens (tertiary/aromatic N) is 2. The lowest BCUT2D eigenvalue weighted by molar-refractivity contribution is -0.254. The molecule has 6 heteroatoms. The third-order valence-electron chi connectivity index (χ3n) is 3.62. The normalized spacial score (nSPS) is 11.1. The number of ether oxygens (including phenoxy) is 1. The van der Waals surface area contributed by atoms with Crippen molar-refractivity contribution in [1.82, 2.24) is 10.1 Å². The van der Waals surface area contributed by atoms with Gasteiger partial charge in [0.2, 0.25) is 0 Å². The van der Waals surface area contributed by atoms with Crippen molar-refractivity contribution in [1.29, 1.82) is 0 Å². The van der Waals surface area contributed by atoms with Crippen molar-refractivity contribution in [2.24, 2.45) is 0 Å². The zero-order chi connectivity index (χ0) is 16.6. The number of para-hydroxylation sites is 1. The molecule has 0 saturated heterocycles. The van der Waals surface area contributed by atoms with Crippen LogP contribution < -0.4 is 9.84 Å². The van der Waals surface area contributed by atoms with Gasteiger partial charge in [0.25, 0.3) is 5.71 Å². The summed E-state index contributed by atoms with van der Waals surface area (Å²) in [6, 6.07) is 8.69.